The molecule has 2 aromatic heterocycles. The SMILES string of the molecule is Cc1cnc(COc2ccc(C(=O)Cc3ccncc3)cc2)c(C)c1. The molecule has 0 radical (unpaired) electrons. The summed E-state index contributed by atoms with van der Waals surface area (Å²) in [5, 5.41) is 0. The van der Waals surface area contributed by atoms with Crippen LogP contribution in [0.15, 0.2) is 61.1 Å². The molecule has 3 rings (SSSR count). The topological polar surface area (TPSA) is 52.1 Å². The van der Waals surface area contributed by atoms with Crippen molar-refractivity contribution in [2.45, 2.75) is 26.9 Å². The zero-order valence-electron chi connectivity index (χ0n) is 14.4. The van der Waals surface area contributed by atoms with Gasteiger partial charge in [-0.1, -0.05) is 6.07 Å². The van der Waals surface area contributed by atoms with E-state index >= 15 is 0 Å². The number of rotatable bonds is 6. The van der Waals surface area contributed by atoms with Gasteiger partial charge >= 0.3 is 0 Å². The Morgan fingerprint density at radius 3 is 2.44 bits per heavy atom. The van der Waals surface area contributed by atoms with E-state index in [1.165, 1.54) is 0 Å². The van der Waals surface area contributed by atoms with E-state index in [9.17, 15) is 4.79 Å². The van der Waals surface area contributed by atoms with Crippen LogP contribution in [0.2, 0.25) is 0 Å². The number of carbonyl (C=O) groups excluding carboxylic acids is 1. The molecule has 0 spiro atoms. The predicted octanol–water partition coefficient (Wildman–Crippen LogP) is 4.10. The quantitative estimate of drug-likeness (QED) is 0.638. The average Bonchev–Trinajstić information content (AvgIpc) is 2.62. The Balaban J connectivity index is 1.61. The summed E-state index contributed by atoms with van der Waals surface area (Å²) in [4.78, 5) is 20.7. The van der Waals surface area contributed by atoms with Gasteiger partial charge in [0.05, 0.1) is 5.69 Å². The summed E-state index contributed by atoms with van der Waals surface area (Å²) >= 11 is 0. The third-order valence-electron chi connectivity index (χ3n) is 3.99. The number of ether oxygens (including phenoxy) is 1. The second-order valence-corrected chi connectivity index (χ2v) is 6.04. The molecule has 0 amide bonds. The van der Waals surface area contributed by atoms with Crippen LogP contribution in [0.25, 0.3) is 0 Å². The fourth-order valence-electron chi connectivity index (χ4n) is 2.57. The van der Waals surface area contributed by atoms with Crippen molar-refractivity contribution in [1.82, 2.24) is 9.97 Å². The molecule has 0 saturated heterocycles. The van der Waals surface area contributed by atoms with Crippen molar-refractivity contribution in [2.24, 2.45) is 0 Å². The van der Waals surface area contributed by atoms with E-state index in [1.54, 1.807) is 24.5 Å². The molecule has 3 aromatic rings. The van der Waals surface area contributed by atoms with E-state index < -0.39 is 0 Å². The van der Waals surface area contributed by atoms with Gasteiger partial charge in [-0.25, -0.2) is 0 Å². The highest BCUT2D eigenvalue weighted by Gasteiger charge is 2.08. The lowest BCUT2D eigenvalue weighted by molar-refractivity contribution is 0.0993. The molecule has 4 nitrogen and oxygen atoms in total. The number of ketones is 1. The number of hydrogen-bond donors (Lipinski definition) is 0. The zero-order valence-corrected chi connectivity index (χ0v) is 14.4. The fourth-order valence-corrected chi connectivity index (χ4v) is 2.57. The van der Waals surface area contributed by atoms with Gasteiger partial charge in [-0.2, -0.15) is 0 Å². The molecule has 0 aliphatic carbocycles. The normalized spacial score (nSPS) is 10.5. The predicted molar refractivity (Wildman–Crippen MR) is 96.8 cm³/mol. The van der Waals surface area contributed by atoms with E-state index in [2.05, 4.69) is 16.0 Å². The van der Waals surface area contributed by atoms with Crippen molar-refractivity contribution < 1.29 is 9.53 Å². The van der Waals surface area contributed by atoms with Crippen molar-refractivity contribution in [2.75, 3.05) is 0 Å². The molecule has 4 heteroatoms. The molecule has 0 saturated carbocycles. The van der Waals surface area contributed by atoms with Crippen LogP contribution in [0.1, 0.15) is 32.7 Å². The Morgan fingerprint density at radius 1 is 1.04 bits per heavy atom. The third kappa shape index (κ3) is 4.51. The minimum atomic E-state index is 0.0776. The molecule has 0 N–H and O–H groups in total. The van der Waals surface area contributed by atoms with Gasteiger partial charge in [0.2, 0.25) is 0 Å². The molecule has 1 aromatic carbocycles. The van der Waals surface area contributed by atoms with Gasteiger partial charge in [-0.05, 0) is 66.9 Å². The van der Waals surface area contributed by atoms with Crippen molar-refractivity contribution in [1.29, 1.82) is 0 Å². The average molecular weight is 332 g/mol. The monoisotopic (exact) mass is 332 g/mol. The summed E-state index contributed by atoms with van der Waals surface area (Å²) < 4.78 is 5.78. The first-order valence-electron chi connectivity index (χ1n) is 8.19. The van der Waals surface area contributed by atoms with Gasteiger partial charge in [-0.15, -0.1) is 0 Å². The van der Waals surface area contributed by atoms with E-state index in [0.717, 1.165) is 28.1 Å². The molecule has 0 unspecified atom stereocenters. The Bertz CT molecular complexity index is 859. The molecule has 0 bridgehead atoms. The Kier molecular flexibility index (Phi) is 5.19. The number of carbonyl (C=O) groups is 1. The molecule has 0 aliphatic rings. The van der Waals surface area contributed by atoms with Crippen LogP contribution in [0.3, 0.4) is 0 Å². The molecule has 0 aliphatic heterocycles. The van der Waals surface area contributed by atoms with Gasteiger partial charge in [0, 0.05) is 30.6 Å². The van der Waals surface area contributed by atoms with Crippen LogP contribution >= 0.6 is 0 Å². The van der Waals surface area contributed by atoms with Crippen LogP contribution < -0.4 is 4.74 Å². The molecule has 0 fully saturated rings. The van der Waals surface area contributed by atoms with E-state index in [4.69, 9.17) is 4.74 Å². The maximum atomic E-state index is 12.3. The first-order chi connectivity index (χ1) is 12.1. The largest absolute Gasteiger partial charge is 0.487 e. The molecule has 25 heavy (non-hydrogen) atoms. The van der Waals surface area contributed by atoms with Crippen molar-refractivity contribution in [3.63, 3.8) is 0 Å². The van der Waals surface area contributed by atoms with E-state index in [1.807, 2.05) is 44.3 Å². The summed E-state index contributed by atoms with van der Waals surface area (Å²) in [7, 11) is 0. The Morgan fingerprint density at radius 2 is 1.76 bits per heavy atom. The smallest absolute Gasteiger partial charge is 0.167 e. The summed E-state index contributed by atoms with van der Waals surface area (Å²) in [5.41, 5.74) is 4.81. The highest BCUT2D eigenvalue weighted by Crippen LogP contribution is 2.16. The van der Waals surface area contributed by atoms with Crippen LogP contribution in [-0.4, -0.2) is 15.8 Å². The van der Waals surface area contributed by atoms with Crippen LogP contribution in [0.4, 0.5) is 0 Å². The van der Waals surface area contributed by atoms with E-state index in [-0.39, 0.29) is 5.78 Å². The molecule has 126 valence electrons. The standard InChI is InChI=1S/C21H20N2O2/c1-15-11-16(2)20(23-13-15)14-25-19-5-3-18(4-6-19)21(24)12-17-7-9-22-10-8-17/h3-11,13H,12,14H2,1-2H3. The van der Waals surface area contributed by atoms with Crippen LogP contribution in [0, 0.1) is 13.8 Å². The fraction of sp³-hybridized carbons (Fsp3) is 0.190. The number of hydrogen-bond acceptors (Lipinski definition) is 4. The van der Waals surface area contributed by atoms with Gasteiger partial charge in [0.1, 0.15) is 12.4 Å². The maximum Gasteiger partial charge on any atom is 0.167 e. The minimum Gasteiger partial charge on any atom is -0.487 e. The first-order valence-corrected chi connectivity index (χ1v) is 8.19. The molecule has 0 atom stereocenters. The van der Waals surface area contributed by atoms with Gasteiger partial charge < -0.3 is 4.74 Å². The van der Waals surface area contributed by atoms with Crippen molar-refractivity contribution >= 4 is 5.78 Å². The van der Waals surface area contributed by atoms with Gasteiger partial charge in [-0.3, -0.25) is 14.8 Å². The number of Topliss-reactive ketones (excluding diaryl/α,β-unsaturated/α-hetero) is 1. The van der Waals surface area contributed by atoms with Crippen molar-refractivity contribution in [3.05, 3.63) is 89.0 Å². The number of aromatic nitrogens is 2. The Hall–Kier alpha value is -3.01. The minimum absolute atomic E-state index is 0.0776. The number of pyridine rings is 2. The number of aryl methyl sites for hydroxylation is 2. The second-order valence-electron chi connectivity index (χ2n) is 6.04. The Labute approximate surface area is 147 Å². The van der Waals surface area contributed by atoms with E-state index in [0.29, 0.717) is 18.6 Å². The lowest BCUT2D eigenvalue weighted by Crippen LogP contribution is -2.04. The molecular weight excluding hydrogens is 312 g/mol. The number of benzene rings is 1. The highest BCUT2D eigenvalue weighted by molar-refractivity contribution is 5.97. The van der Waals surface area contributed by atoms with Gasteiger partial charge in [0.15, 0.2) is 5.78 Å². The highest BCUT2D eigenvalue weighted by atomic mass is 16.5. The third-order valence-corrected chi connectivity index (χ3v) is 3.99. The maximum absolute atomic E-state index is 12.3. The number of nitrogens with zero attached hydrogens (tertiary/aromatic N) is 2. The zero-order chi connectivity index (χ0) is 17.6. The summed E-state index contributed by atoms with van der Waals surface area (Å²) in [5.74, 6) is 0.802. The summed E-state index contributed by atoms with van der Waals surface area (Å²) in [6.07, 6.45) is 5.60. The second kappa shape index (κ2) is 7.71. The molecule has 2 heterocycles. The lowest BCUT2D eigenvalue weighted by Gasteiger charge is -2.09. The van der Waals surface area contributed by atoms with Gasteiger partial charge in [0.25, 0.3) is 0 Å². The van der Waals surface area contributed by atoms with Crippen LogP contribution in [0.5, 0.6) is 5.75 Å². The summed E-state index contributed by atoms with van der Waals surface area (Å²) in [6.45, 7) is 4.46. The lowest BCUT2D eigenvalue weighted by atomic mass is 10.0. The van der Waals surface area contributed by atoms with Crippen molar-refractivity contribution in [3.8, 4) is 5.75 Å². The first kappa shape index (κ1) is 16.8. The summed E-state index contributed by atoms with van der Waals surface area (Å²) in [6, 6.07) is 13.0. The molecular formula is C21H20N2O2. The van der Waals surface area contributed by atoms with Crippen LogP contribution in [-0.2, 0) is 13.0 Å².